The summed E-state index contributed by atoms with van der Waals surface area (Å²) in [7, 11) is 3.95. The van der Waals surface area contributed by atoms with Gasteiger partial charge in [-0.1, -0.05) is 5.21 Å². The van der Waals surface area contributed by atoms with Gasteiger partial charge >= 0.3 is 0 Å². The number of likely N-dealkylation sites (tertiary alicyclic amines) is 1. The van der Waals surface area contributed by atoms with Crippen LogP contribution in [0.15, 0.2) is 22.7 Å². The van der Waals surface area contributed by atoms with Gasteiger partial charge in [-0.25, -0.2) is 4.68 Å². The minimum absolute atomic E-state index is 0.163. The van der Waals surface area contributed by atoms with Crippen LogP contribution < -0.4 is 5.32 Å². The zero-order valence-electron chi connectivity index (χ0n) is 15.8. The Kier molecular flexibility index (Phi) is 6.05. The largest absolute Gasteiger partial charge is 0.465 e. The molecular formula is C18H28N6O2. The van der Waals surface area contributed by atoms with Gasteiger partial charge in [0.2, 0.25) is 0 Å². The van der Waals surface area contributed by atoms with E-state index in [-0.39, 0.29) is 5.91 Å². The predicted molar refractivity (Wildman–Crippen MR) is 97.9 cm³/mol. The first kappa shape index (κ1) is 18.6. The van der Waals surface area contributed by atoms with Crippen LogP contribution in [0, 0.1) is 6.92 Å². The lowest BCUT2D eigenvalue weighted by atomic mass is 10.1. The van der Waals surface area contributed by atoms with Gasteiger partial charge in [0.1, 0.15) is 11.5 Å². The van der Waals surface area contributed by atoms with E-state index in [1.807, 2.05) is 42.7 Å². The summed E-state index contributed by atoms with van der Waals surface area (Å²) in [6.07, 6.45) is 3.75. The molecule has 3 heterocycles. The summed E-state index contributed by atoms with van der Waals surface area (Å²) in [6.45, 7) is 6.17. The van der Waals surface area contributed by atoms with Gasteiger partial charge < -0.3 is 14.6 Å². The highest BCUT2D eigenvalue weighted by Gasteiger charge is 2.23. The molecule has 0 saturated carbocycles. The average molecular weight is 360 g/mol. The number of likely N-dealkylation sites (N-methyl/N-ethyl adjacent to an activating group) is 1. The van der Waals surface area contributed by atoms with Crippen LogP contribution in [0.2, 0.25) is 0 Å². The molecule has 0 radical (unpaired) electrons. The number of furan rings is 1. The highest BCUT2D eigenvalue weighted by Crippen LogP contribution is 2.23. The van der Waals surface area contributed by atoms with Crippen LogP contribution in [0.3, 0.4) is 0 Å². The molecule has 1 aliphatic heterocycles. The Bertz CT molecular complexity index is 715. The van der Waals surface area contributed by atoms with E-state index in [2.05, 4.69) is 20.5 Å². The minimum atomic E-state index is -0.163. The van der Waals surface area contributed by atoms with Crippen molar-refractivity contribution >= 4 is 5.91 Å². The quantitative estimate of drug-likeness (QED) is 0.802. The number of amides is 1. The standard InChI is InChI=1S/C18H28N6O2/c1-14-4-5-16(26-14)12-23-9-6-15(7-10-23)24-13-17(20-21-24)18(25)19-8-11-22(2)3/h4-5,13,15H,6-12H2,1-3H3,(H,19,25). The SMILES string of the molecule is Cc1ccc(CN2CCC(n3cc(C(=O)NCCN(C)C)nn3)CC2)o1. The topological polar surface area (TPSA) is 79.4 Å². The van der Waals surface area contributed by atoms with E-state index in [1.165, 1.54) is 0 Å². The summed E-state index contributed by atoms with van der Waals surface area (Å²) in [4.78, 5) is 16.5. The zero-order valence-corrected chi connectivity index (χ0v) is 15.8. The Morgan fingerprint density at radius 1 is 1.35 bits per heavy atom. The monoisotopic (exact) mass is 360 g/mol. The Morgan fingerprint density at radius 2 is 2.12 bits per heavy atom. The predicted octanol–water partition coefficient (Wildman–Crippen LogP) is 1.31. The molecule has 0 atom stereocenters. The van der Waals surface area contributed by atoms with Crippen LogP contribution >= 0.6 is 0 Å². The minimum Gasteiger partial charge on any atom is -0.465 e. The number of hydrogen-bond acceptors (Lipinski definition) is 6. The van der Waals surface area contributed by atoms with E-state index in [1.54, 1.807) is 6.20 Å². The van der Waals surface area contributed by atoms with Crippen molar-refractivity contribution < 1.29 is 9.21 Å². The maximum absolute atomic E-state index is 12.1. The summed E-state index contributed by atoms with van der Waals surface area (Å²) in [5.74, 6) is 1.80. The first-order chi connectivity index (χ1) is 12.5. The molecule has 3 rings (SSSR count). The molecule has 2 aromatic heterocycles. The molecule has 1 saturated heterocycles. The third-order valence-electron chi connectivity index (χ3n) is 4.69. The van der Waals surface area contributed by atoms with Crippen molar-refractivity contribution in [2.45, 2.75) is 32.4 Å². The summed E-state index contributed by atoms with van der Waals surface area (Å²) >= 11 is 0. The van der Waals surface area contributed by atoms with E-state index in [9.17, 15) is 4.79 Å². The summed E-state index contributed by atoms with van der Waals surface area (Å²) < 4.78 is 7.50. The Morgan fingerprint density at radius 3 is 2.77 bits per heavy atom. The van der Waals surface area contributed by atoms with Crippen LogP contribution in [-0.4, -0.2) is 71.0 Å². The number of piperidine rings is 1. The molecule has 0 unspecified atom stereocenters. The lowest BCUT2D eigenvalue weighted by Crippen LogP contribution is -2.34. The molecule has 1 fully saturated rings. The van der Waals surface area contributed by atoms with E-state index >= 15 is 0 Å². The van der Waals surface area contributed by atoms with Crippen molar-refractivity contribution in [2.24, 2.45) is 0 Å². The normalized spacial score (nSPS) is 16.3. The van der Waals surface area contributed by atoms with Crippen molar-refractivity contribution in [3.63, 3.8) is 0 Å². The number of carbonyl (C=O) groups excluding carboxylic acids is 1. The fraction of sp³-hybridized carbons (Fsp3) is 0.611. The van der Waals surface area contributed by atoms with Crippen LogP contribution in [0.25, 0.3) is 0 Å². The van der Waals surface area contributed by atoms with Gasteiger partial charge in [-0.05, 0) is 46.0 Å². The maximum atomic E-state index is 12.1. The smallest absolute Gasteiger partial charge is 0.273 e. The number of nitrogens with zero attached hydrogens (tertiary/aromatic N) is 5. The lowest BCUT2D eigenvalue weighted by molar-refractivity contribution is 0.0946. The van der Waals surface area contributed by atoms with Gasteiger partial charge in [-0.2, -0.15) is 0 Å². The van der Waals surface area contributed by atoms with Gasteiger partial charge in [0, 0.05) is 26.2 Å². The lowest BCUT2D eigenvalue weighted by Gasteiger charge is -2.31. The molecule has 1 amide bonds. The Labute approximate surface area is 154 Å². The molecule has 2 aromatic rings. The second-order valence-corrected chi connectivity index (χ2v) is 7.16. The fourth-order valence-electron chi connectivity index (χ4n) is 3.18. The van der Waals surface area contributed by atoms with Gasteiger partial charge in [-0.3, -0.25) is 9.69 Å². The van der Waals surface area contributed by atoms with Crippen molar-refractivity contribution in [1.82, 2.24) is 30.1 Å². The van der Waals surface area contributed by atoms with Crippen LogP contribution in [0.5, 0.6) is 0 Å². The van der Waals surface area contributed by atoms with Gasteiger partial charge in [0.05, 0.1) is 18.8 Å². The molecule has 8 heteroatoms. The number of nitrogens with one attached hydrogen (secondary N) is 1. The second kappa shape index (κ2) is 8.46. The van der Waals surface area contributed by atoms with Crippen molar-refractivity contribution in [2.75, 3.05) is 40.3 Å². The summed E-state index contributed by atoms with van der Waals surface area (Å²) in [5, 5.41) is 11.1. The number of aromatic nitrogens is 3. The fourth-order valence-corrected chi connectivity index (χ4v) is 3.18. The molecule has 0 aromatic carbocycles. The van der Waals surface area contributed by atoms with Gasteiger partial charge in [0.15, 0.2) is 5.69 Å². The summed E-state index contributed by atoms with van der Waals surface area (Å²) in [6, 6.07) is 4.34. The first-order valence-corrected chi connectivity index (χ1v) is 9.13. The van der Waals surface area contributed by atoms with E-state index in [4.69, 9.17) is 4.42 Å². The van der Waals surface area contributed by atoms with Gasteiger partial charge in [0.25, 0.3) is 5.91 Å². The van der Waals surface area contributed by atoms with Crippen molar-refractivity contribution in [3.05, 3.63) is 35.5 Å². The third kappa shape index (κ3) is 4.92. The van der Waals surface area contributed by atoms with Crippen molar-refractivity contribution in [3.8, 4) is 0 Å². The molecule has 0 bridgehead atoms. The van der Waals surface area contributed by atoms with E-state index in [0.29, 0.717) is 18.3 Å². The highest BCUT2D eigenvalue weighted by molar-refractivity contribution is 5.91. The molecule has 142 valence electrons. The molecule has 0 spiro atoms. The average Bonchev–Trinajstić information content (AvgIpc) is 3.24. The Hall–Kier alpha value is -2.19. The van der Waals surface area contributed by atoms with Gasteiger partial charge in [-0.15, -0.1) is 5.10 Å². The van der Waals surface area contributed by atoms with E-state index in [0.717, 1.165) is 50.5 Å². The molecular weight excluding hydrogens is 332 g/mol. The molecule has 0 aliphatic carbocycles. The highest BCUT2D eigenvalue weighted by atomic mass is 16.3. The molecule has 26 heavy (non-hydrogen) atoms. The number of hydrogen-bond donors (Lipinski definition) is 1. The molecule has 1 N–H and O–H groups in total. The van der Waals surface area contributed by atoms with Crippen LogP contribution in [0.1, 0.15) is 40.9 Å². The zero-order chi connectivity index (χ0) is 18.5. The third-order valence-corrected chi connectivity index (χ3v) is 4.69. The molecule has 8 nitrogen and oxygen atoms in total. The van der Waals surface area contributed by atoms with Crippen LogP contribution in [-0.2, 0) is 6.54 Å². The summed E-state index contributed by atoms with van der Waals surface area (Å²) in [5.41, 5.74) is 0.386. The molecule has 1 aliphatic rings. The second-order valence-electron chi connectivity index (χ2n) is 7.16. The first-order valence-electron chi connectivity index (χ1n) is 9.13. The maximum Gasteiger partial charge on any atom is 0.273 e. The van der Waals surface area contributed by atoms with Crippen LogP contribution in [0.4, 0.5) is 0 Å². The van der Waals surface area contributed by atoms with Crippen molar-refractivity contribution in [1.29, 1.82) is 0 Å². The number of rotatable bonds is 7. The van der Waals surface area contributed by atoms with E-state index < -0.39 is 0 Å². The Balaban J connectivity index is 1.47. The number of aryl methyl sites for hydroxylation is 1. The number of carbonyl (C=O) groups is 1.